The predicted molar refractivity (Wildman–Crippen MR) is 123 cm³/mol. The van der Waals surface area contributed by atoms with E-state index in [1.54, 1.807) is 7.05 Å². The van der Waals surface area contributed by atoms with Gasteiger partial charge in [-0.3, -0.25) is 14.2 Å². The average Bonchev–Trinajstić information content (AvgIpc) is 2.75. The van der Waals surface area contributed by atoms with Gasteiger partial charge in [-0.2, -0.15) is 0 Å². The summed E-state index contributed by atoms with van der Waals surface area (Å²) >= 11 is 1.29. The molecule has 0 unspecified atom stereocenters. The number of hydrogen-bond acceptors (Lipinski definition) is 4. The van der Waals surface area contributed by atoms with Crippen molar-refractivity contribution in [3.05, 3.63) is 82.1 Å². The van der Waals surface area contributed by atoms with Gasteiger partial charge < -0.3 is 5.32 Å². The van der Waals surface area contributed by atoms with Crippen LogP contribution in [0, 0.1) is 6.92 Å². The number of thioether (sulfide) groups is 1. The van der Waals surface area contributed by atoms with Crippen LogP contribution in [0.1, 0.15) is 18.1 Å². The Balaban J connectivity index is 1.55. The summed E-state index contributed by atoms with van der Waals surface area (Å²) in [5.41, 5.74) is 2.77. The lowest BCUT2D eigenvalue weighted by atomic mass is 10.1. The molecule has 1 aromatic heterocycles. The Morgan fingerprint density at radius 2 is 1.77 bits per heavy atom. The van der Waals surface area contributed by atoms with E-state index in [2.05, 4.69) is 10.3 Å². The van der Waals surface area contributed by atoms with Crippen molar-refractivity contribution < 1.29 is 4.79 Å². The van der Waals surface area contributed by atoms with Crippen molar-refractivity contribution >= 4 is 39.3 Å². The van der Waals surface area contributed by atoms with Gasteiger partial charge in [-0.05, 0) is 42.3 Å². The first-order chi connectivity index (χ1) is 14.4. The van der Waals surface area contributed by atoms with Crippen molar-refractivity contribution in [3.63, 3.8) is 0 Å². The van der Waals surface area contributed by atoms with Gasteiger partial charge in [-0.15, -0.1) is 0 Å². The Bertz CT molecular complexity index is 1300. The Labute approximate surface area is 179 Å². The van der Waals surface area contributed by atoms with Gasteiger partial charge in [0.25, 0.3) is 5.56 Å². The summed E-state index contributed by atoms with van der Waals surface area (Å²) < 4.78 is 1.52. The van der Waals surface area contributed by atoms with Crippen LogP contribution in [0.25, 0.3) is 21.7 Å². The normalized spacial score (nSPS) is 12.2. The second-order valence-electron chi connectivity index (χ2n) is 7.44. The number of carbonyl (C=O) groups is 1. The van der Waals surface area contributed by atoms with Crippen LogP contribution in [0.5, 0.6) is 0 Å². The van der Waals surface area contributed by atoms with E-state index in [9.17, 15) is 9.59 Å². The molecule has 0 aliphatic carbocycles. The van der Waals surface area contributed by atoms with Crippen molar-refractivity contribution in [2.24, 2.45) is 7.05 Å². The zero-order valence-corrected chi connectivity index (χ0v) is 18.0. The van der Waals surface area contributed by atoms with Gasteiger partial charge in [0.2, 0.25) is 5.91 Å². The number of nitrogens with zero attached hydrogens (tertiary/aromatic N) is 2. The summed E-state index contributed by atoms with van der Waals surface area (Å²) in [5, 5.41) is 5.73. The van der Waals surface area contributed by atoms with Crippen LogP contribution in [0.4, 0.5) is 0 Å². The highest BCUT2D eigenvalue weighted by Crippen LogP contribution is 2.24. The van der Waals surface area contributed by atoms with Gasteiger partial charge in [0.05, 0.1) is 16.2 Å². The molecule has 6 heteroatoms. The Kier molecular flexibility index (Phi) is 5.59. The zero-order chi connectivity index (χ0) is 21.3. The maximum atomic E-state index is 12.9. The minimum atomic E-state index is -0.383. The second kappa shape index (κ2) is 8.32. The summed E-state index contributed by atoms with van der Waals surface area (Å²) in [6, 6.07) is 19.8. The summed E-state index contributed by atoms with van der Waals surface area (Å²) in [5.74, 6) is -0.0894. The quantitative estimate of drug-likeness (QED) is 0.300. The summed E-state index contributed by atoms with van der Waals surface area (Å²) in [6.45, 7) is 4.33. The van der Waals surface area contributed by atoms with Gasteiger partial charge in [0, 0.05) is 13.6 Å². The minimum Gasteiger partial charge on any atom is -0.351 e. The molecule has 0 bridgehead atoms. The van der Waals surface area contributed by atoms with Crippen molar-refractivity contribution in [2.75, 3.05) is 0 Å². The van der Waals surface area contributed by atoms with Crippen molar-refractivity contribution in [2.45, 2.75) is 30.8 Å². The molecular formula is C24H23N3O2S. The van der Waals surface area contributed by atoms with Crippen LogP contribution in [0.15, 0.2) is 70.6 Å². The summed E-state index contributed by atoms with van der Waals surface area (Å²) in [7, 11) is 1.70. The average molecular weight is 418 g/mol. The van der Waals surface area contributed by atoms with E-state index in [1.807, 2.05) is 74.5 Å². The smallest absolute Gasteiger partial charge is 0.261 e. The number of carbonyl (C=O) groups excluding carboxylic acids is 1. The lowest BCUT2D eigenvalue weighted by molar-refractivity contribution is -0.120. The third kappa shape index (κ3) is 4.09. The molecule has 0 aliphatic heterocycles. The first-order valence-corrected chi connectivity index (χ1v) is 10.7. The first-order valence-electron chi connectivity index (χ1n) is 9.82. The van der Waals surface area contributed by atoms with E-state index in [0.29, 0.717) is 22.6 Å². The Hall–Kier alpha value is -3.12. The minimum absolute atomic E-state index is 0.0894. The van der Waals surface area contributed by atoms with E-state index in [1.165, 1.54) is 21.9 Å². The zero-order valence-electron chi connectivity index (χ0n) is 17.2. The number of aromatic nitrogens is 2. The van der Waals surface area contributed by atoms with E-state index >= 15 is 0 Å². The van der Waals surface area contributed by atoms with Gasteiger partial charge in [-0.1, -0.05) is 65.9 Å². The molecule has 3 aromatic carbocycles. The fourth-order valence-corrected chi connectivity index (χ4v) is 4.19. The molecule has 1 heterocycles. The lowest BCUT2D eigenvalue weighted by Gasteiger charge is -2.14. The van der Waals surface area contributed by atoms with Crippen LogP contribution in [0.3, 0.4) is 0 Å². The Morgan fingerprint density at radius 3 is 2.47 bits per heavy atom. The molecule has 1 amide bonds. The van der Waals surface area contributed by atoms with Crippen molar-refractivity contribution in [3.8, 4) is 0 Å². The highest BCUT2D eigenvalue weighted by molar-refractivity contribution is 8.00. The lowest BCUT2D eigenvalue weighted by Crippen LogP contribution is -2.31. The van der Waals surface area contributed by atoms with E-state index < -0.39 is 0 Å². The number of rotatable bonds is 5. The highest BCUT2D eigenvalue weighted by Gasteiger charge is 2.18. The van der Waals surface area contributed by atoms with Gasteiger partial charge in [-0.25, -0.2) is 4.98 Å². The van der Waals surface area contributed by atoms with Crippen LogP contribution in [-0.2, 0) is 18.4 Å². The van der Waals surface area contributed by atoms with Crippen LogP contribution in [-0.4, -0.2) is 20.7 Å². The number of amides is 1. The largest absolute Gasteiger partial charge is 0.351 e. The molecule has 0 fully saturated rings. The second-order valence-corrected chi connectivity index (χ2v) is 8.75. The van der Waals surface area contributed by atoms with Gasteiger partial charge in [0.15, 0.2) is 5.16 Å². The topological polar surface area (TPSA) is 64.0 Å². The van der Waals surface area contributed by atoms with Gasteiger partial charge >= 0.3 is 0 Å². The molecule has 30 heavy (non-hydrogen) atoms. The summed E-state index contributed by atoms with van der Waals surface area (Å²) in [4.78, 5) is 30.1. The number of fused-ring (bicyclic) bond motifs is 2. The monoisotopic (exact) mass is 417 g/mol. The number of hydrogen-bond donors (Lipinski definition) is 1. The fraction of sp³-hybridized carbons (Fsp3) is 0.208. The van der Waals surface area contributed by atoms with E-state index in [0.717, 1.165) is 16.3 Å². The molecule has 5 nitrogen and oxygen atoms in total. The first kappa shape index (κ1) is 20.2. The van der Waals surface area contributed by atoms with Crippen molar-refractivity contribution in [1.82, 2.24) is 14.9 Å². The fourth-order valence-electron chi connectivity index (χ4n) is 3.29. The standard InChI is InChI=1S/C24H23N3O2S/c1-15-8-10-17(11-9-15)14-25-22(28)16(2)30-24-26-21-13-19-7-5-4-6-18(19)12-20(21)23(29)27(24)3/h4-13,16H,14H2,1-3H3,(H,25,28)/t16-/m1/s1. The molecule has 0 radical (unpaired) electrons. The molecular weight excluding hydrogens is 394 g/mol. The van der Waals surface area contributed by atoms with Crippen molar-refractivity contribution in [1.29, 1.82) is 0 Å². The SMILES string of the molecule is Cc1ccc(CNC(=O)[C@@H](C)Sc2nc3cc4ccccc4cc3c(=O)n2C)cc1. The molecule has 4 rings (SSSR count). The van der Waals surface area contributed by atoms with Crippen LogP contribution in [0.2, 0.25) is 0 Å². The predicted octanol–water partition coefficient (Wildman–Crippen LogP) is 4.19. The van der Waals surface area contributed by atoms with Crippen LogP contribution < -0.4 is 10.9 Å². The molecule has 4 aromatic rings. The molecule has 0 aliphatic rings. The maximum absolute atomic E-state index is 12.9. The maximum Gasteiger partial charge on any atom is 0.261 e. The molecule has 0 saturated carbocycles. The number of benzene rings is 3. The third-order valence-corrected chi connectivity index (χ3v) is 6.28. The summed E-state index contributed by atoms with van der Waals surface area (Å²) in [6.07, 6.45) is 0. The third-order valence-electron chi connectivity index (χ3n) is 5.14. The Morgan fingerprint density at radius 1 is 1.10 bits per heavy atom. The van der Waals surface area contributed by atoms with E-state index in [4.69, 9.17) is 0 Å². The molecule has 0 spiro atoms. The molecule has 1 N–H and O–H groups in total. The number of nitrogens with one attached hydrogen (secondary N) is 1. The highest BCUT2D eigenvalue weighted by atomic mass is 32.2. The molecule has 152 valence electrons. The van der Waals surface area contributed by atoms with Crippen LogP contribution >= 0.6 is 11.8 Å². The molecule has 1 atom stereocenters. The van der Waals surface area contributed by atoms with Gasteiger partial charge in [0.1, 0.15) is 0 Å². The van der Waals surface area contributed by atoms with E-state index in [-0.39, 0.29) is 16.7 Å². The number of aryl methyl sites for hydroxylation is 1. The molecule has 0 saturated heterocycles.